The maximum absolute atomic E-state index is 12.5. The van der Waals surface area contributed by atoms with Crippen molar-refractivity contribution >= 4 is 44.6 Å². The van der Waals surface area contributed by atoms with Gasteiger partial charge >= 0.3 is 6.36 Å². The summed E-state index contributed by atoms with van der Waals surface area (Å²) in [6.07, 6.45) is -3.83. The highest BCUT2D eigenvalue weighted by Crippen LogP contribution is 2.32. The number of aromatic nitrogens is 5. The number of nitrogens with zero attached hydrogens (tertiary/aromatic N) is 6. The molecule has 0 spiro atoms. The zero-order valence-corrected chi connectivity index (χ0v) is 22.4. The summed E-state index contributed by atoms with van der Waals surface area (Å²) in [4.78, 5) is 30.9. The van der Waals surface area contributed by atoms with Gasteiger partial charge in [-0.3, -0.25) is 9.59 Å². The van der Waals surface area contributed by atoms with Crippen LogP contribution in [0.5, 0.6) is 5.75 Å². The van der Waals surface area contributed by atoms with Crippen LogP contribution in [0.15, 0.2) is 47.3 Å². The Morgan fingerprint density at radius 3 is 2.67 bits per heavy atom. The number of alkyl halides is 3. The van der Waals surface area contributed by atoms with E-state index in [0.717, 1.165) is 18.7 Å². The largest absolute Gasteiger partial charge is 0.573 e. The number of ether oxygens (including phenoxy) is 1. The minimum atomic E-state index is -4.80. The summed E-state index contributed by atoms with van der Waals surface area (Å²) in [7, 11) is 0. The molecule has 1 unspecified atom stereocenters. The van der Waals surface area contributed by atoms with E-state index in [-0.39, 0.29) is 42.6 Å². The molecule has 1 fully saturated rings. The van der Waals surface area contributed by atoms with Crippen molar-refractivity contribution in [2.45, 2.75) is 38.0 Å². The summed E-state index contributed by atoms with van der Waals surface area (Å²) in [6.45, 7) is 1.40. The highest BCUT2D eigenvalue weighted by Gasteiger charge is 2.31. The number of Topliss-reactive ketones (excluding diaryl/α,β-unsaturated/α-hetero) is 1. The molecule has 1 N–H and O–H groups in total. The van der Waals surface area contributed by atoms with E-state index >= 15 is 0 Å². The average molecular weight is 590 g/mol. The van der Waals surface area contributed by atoms with Gasteiger partial charge < -0.3 is 15.0 Å². The number of hydrogen-bond acceptors (Lipinski definition) is 11. The van der Waals surface area contributed by atoms with Crippen molar-refractivity contribution < 1.29 is 27.5 Å². The Hall–Kier alpha value is -3.98. The van der Waals surface area contributed by atoms with Crippen LogP contribution < -0.4 is 15.0 Å². The van der Waals surface area contributed by atoms with Crippen molar-refractivity contribution in [2.24, 2.45) is 0 Å². The first kappa shape index (κ1) is 27.6. The summed E-state index contributed by atoms with van der Waals surface area (Å²) in [5.74, 6) is -0.663. The molecule has 3 aromatic heterocycles. The molecule has 0 radical (unpaired) electrons. The van der Waals surface area contributed by atoms with Crippen LogP contribution in [-0.4, -0.2) is 56.5 Å². The van der Waals surface area contributed by atoms with Crippen LogP contribution in [0.2, 0.25) is 0 Å². The molecule has 1 amide bonds. The third kappa shape index (κ3) is 7.57. The lowest BCUT2D eigenvalue weighted by Crippen LogP contribution is -2.19. The van der Waals surface area contributed by atoms with Crippen LogP contribution in [0.25, 0.3) is 0 Å². The van der Waals surface area contributed by atoms with E-state index in [0.29, 0.717) is 33.8 Å². The quantitative estimate of drug-likeness (QED) is 0.290. The van der Waals surface area contributed by atoms with E-state index in [1.54, 1.807) is 17.6 Å². The molecule has 1 aliphatic rings. The fraction of sp³-hybridized carbons (Fsp3) is 0.320. The predicted octanol–water partition coefficient (Wildman–Crippen LogP) is 4.21. The first-order chi connectivity index (χ1) is 19.2. The van der Waals surface area contributed by atoms with Crippen molar-refractivity contribution in [3.8, 4) is 5.75 Å². The number of carbonyl (C=O) groups is 2. The van der Waals surface area contributed by atoms with E-state index < -0.39 is 6.36 Å². The van der Waals surface area contributed by atoms with Crippen LogP contribution in [0.1, 0.15) is 35.0 Å². The van der Waals surface area contributed by atoms with Gasteiger partial charge in [-0.1, -0.05) is 23.5 Å². The number of thiazole rings is 1. The number of anilines is 2. The van der Waals surface area contributed by atoms with Gasteiger partial charge in [0.25, 0.3) is 0 Å². The van der Waals surface area contributed by atoms with Crippen molar-refractivity contribution in [3.63, 3.8) is 0 Å². The number of ketones is 1. The van der Waals surface area contributed by atoms with Crippen LogP contribution in [-0.2, 0) is 28.9 Å². The molecule has 4 aromatic rings. The second-order valence-electron chi connectivity index (χ2n) is 9.06. The van der Waals surface area contributed by atoms with Crippen LogP contribution in [0, 0.1) is 0 Å². The molecular weight excluding hydrogens is 567 g/mol. The molecule has 0 bridgehead atoms. The van der Waals surface area contributed by atoms with Crippen molar-refractivity contribution in [2.75, 3.05) is 23.3 Å². The maximum atomic E-state index is 12.5. The molecule has 5 rings (SSSR count). The topological polar surface area (TPSA) is 123 Å². The highest BCUT2D eigenvalue weighted by atomic mass is 32.1. The highest BCUT2D eigenvalue weighted by molar-refractivity contribution is 7.19. The molecule has 1 aromatic carbocycles. The van der Waals surface area contributed by atoms with Crippen molar-refractivity contribution in [3.05, 3.63) is 69.9 Å². The number of rotatable bonds is 10. The Morgan fingerprint density at radius 1 is 1.05 bits per heavy atom. The Kier molecular flexibility index (Phi) is 8.30. The maximum Gasteiger partial charge on any atom is 0.573 e. The minimum absolute atomic E-state index is 0.0101. The smallest absolute Gasteiger partial charge is 0.406 e. The van der Waals surface area contributed by atoms with Gasteiger partial charge in [0, 0.05) is 30.8 Å². The Bertz CT molecular complexity index is 1460. The molecule has 208 valence electrons. The third-order valence-corrected chi connectivity index (χ3v) is 7.55. The number of benzene rings is 1. The van der Waals surface area contributed by atoms with E-state index in [1.807, 2.05) is 11.4 Å². The predicted molar refractivity (Wildman–Crippen MR) is 141 cm³/mol. The molecule has 0 saturated carbocycles. The van der Waals surface area contributed by atoms with Crippen LogP contribution in [0.3, 0.4) is 0 Å². The third-order valence-electron chi connectivity index (χ3n) is 6.01. The van der Waals surface area contributed by atoms with Gasteiger partial charge in [0.05, 0.1) is 35.4 Å². The Balaban J connectivity index is 1.11. The second kappa shape index (κ2) is 12.0. The molecule has 1 saturated heterocycles. The van der Waals surface area contributed by atoms with Gasteiger partial charge in [-0.25, -0.2) is 4.98 Å². The normalized spacial score (nSPS) is 15.3. The number of carbonyl (C=O) groups excluding carboxylic acids is 2. The fourth-order valence-corrected chi connectivity index (χ4v) is 5.60. The summed E-state index contributed by atoms with van der Waals surface area (Å²) in [5, 5.41) is 22.5. The first-order valence-corrected chi connectivity index (χ1v) is 13.9. The molecular formula is C25H22F3N7O3S2. The standard InChI is InChI=1S/C25H22F3N7O3S2/c26-25(27,28)38-20-3-1-2-15(9-20)8-19(36)10-17-4-5-21(32-31-17)16-6-7-35(12-16)24-34-33-23(40-24)30-22(37)11-18-13-39-14-29-18/h1-5,9,13-14,16H,6-8,10-12H2,(H,30,33,37). The zero-order chi connectivity index (χ0) is 28.1. The van der Waals surface area contributed by atoms with Gasteiger partial charge in [0.2, 0.25) is 16.2 Å². The molecule has 1 atom stereocenters. The lowest BCUT2D eigenvalue weighted by atomic mass is 10.0. The minimum Gasteiger partial charge on any atom is -0.406 e. The van der Waals surface area contributed by atoms with Gasteiger partial charge in [-0.05, 0) is 36.2 Å². The average Bonchev–Trinajstić information content (AvgIpc) is 3.66. The number of hydrogen-bond donors (Lipinski definition) is 1. The number of nitrogens with one attached hydrogen (secondary N) is 1. The molecule has 15 heteroatoms. The van der Waals surface area contributed by atoms with Gasteiger partial charge in [-0.2, -0.15) is 10.2 Å². The summed E-state index contributed by atoms with van der Waals surface area (Å²) >= 11 is 2.73. The molecule has 1 aliphatic heterocycles. The van der Waals surface area contributed by atoms with E-state index in [4.69, 9.17) is 0 Å². The SMILES string of the molecule is O=C(Cc1cccc(OC(F)(F)F)c1)Cc1ccc(C2CCN(c3nnc(NC(=O)Cc4cscn4)s3)C2)nn1. The summed E-state index contributed by atoms with van der Waals surface area (Å²) in [5.41, 5.74) is 4.07. The van der Waals surface area contributed by atoms with Gasteiger partial charge in [0.1, 0.15) is 11.5 Å². The first-order valence-electron chi connectivity index (χ1n) is 12.1. The lowest BCUT2D eigenvalue weighted by Gasteiger charge is -2.13. The zero-order valence-electron chi connectivity index (χ0n) is 20.8. The van der Waals surface area contributed by atoms with Crippen molar-refractivity contribution in [1.29, 1.82) is 0 Å². The Morgan fingerprint density at radius 2 is 1.93 bits per heavy atom. The van der Waals surface area contributed by atoms with Gasteiger partial charge in [-0.15, -0.1) is 34.7 Å². The van der Waals surface area contributed by atoms with E-state index in [9.17, 15) is 22.8 Å². The number of halogens is 3. The van der Waals surface area contributed by atoms with Crippen molar-refractivity contribution in [1.82, 2.24) is 25.4 Å². The molecule has 4 heterocycles. The lowest BCUT2D eigenvalue weighted by molar-refractivity contribution is -0.274. The molecule has 10 nitrogen and oxygen atoms in total. The second-order valence-corrected chi connectivity index (χ2v) is 10.7. The van der Waals surface area contributed by atoms with E-state index in [1.165, 1.54) is 40.9 Å². The number of amides is 1. The Labute approximate surface area is 234 Å². The summed E-state index contributed by atoms with van der Waals surface area (Å²) in [6, 6.07) is 8.94. The van der Waals surface area contributed by atoms with E-state index in [2.05, 4.69) is 40.3 Å². The molecule has 0 aliphatic carbocycles. The summed E-state index contributed by atoms with van der Waals surface area (Å²) < 4.78 is 41.2. The molecule has 40 heavy (non-hydrogen) atoms. The van der Waals surface area contributed by atoms with Crippen LogP contribution >= 0.6 is 22.7 Å². The fourth-order valence-electron chi connectivity index (χ4n) is 4.25. The van der Waals surface area contributed by atoms with Crippen LogP contribution in [0.4, 0.5) is 23.4 Å². The monoisotopic (exact) mass is 589 g/mol. The van der Waals surface area contributed by atoms with Gasteiger partial charge in [0.15, 0.2) is 0 Å².